The van der Waals surface area contributed by atoms with E-state index in [0.29, 0.717) is 12.6 Å². The third-order valence-corrected chi connectivity index (χ3v) is 4.85. The maximum atomic E-state index is 9.47. The maximum absolute atomic E-state index is 9.47. The van der Waals surface area contributed by atoms with Gasteiger partial charge >= 0.3 is 0 Å². The van der Waals surface area contributed by atoms with Crippen molar-refractivity contribution in [2.24, 2.45) is 4.99 Å². The Morgan fingerprint density at radius 2 is 2.00 bits per heavy atom. The monoisotopic (exact) mass is 328 g/mol. The van der Waals surface area contributed by atoms with E-state index in [1.165, 1.54) is 6.42 Å². The molecule has 24 heavy (non-hydrogen) atoms. The maximum Gasteiger partial charge on any atom is 0.194 e. The SMILES string of the molecule is CCNC(=NCc1ccccc1CO)N1CCC(N2CC=CC2)C1. The molecule has 5 nitrogen and oxygen atoms in total. The van der Waals surface area contributed by atoms with Crippen molar-refractivity contribution in [3.63, 3.8) is 0 Å². The fourth-order valence-electron chi connectivity index (χ4n) is 3.48. The van der Waals surface area contributed by atoms with Gasteiger partial charge in [-0.25, -0.2) is 4.99 Å². The van der Waals surface area contributed by atoms with Crippen molar-refractivity contribution in [1.29, 1.82) is 0 Å². The first kappa shape index (κ1) is 17.0. The third-order valence-electron chi connectivity index (χ3n) is 4.85. The van der Waals surface area contributed by atoms with Crippen LogP contribution in [0.15, 0.2) is 41.4 Å². The third kappa shape index (κ3) is 3.97. The zero-order valence-electron chi connectivity index (χ0n) is 14.5. The van der Waals surface area contributed by atoms with E-state index in [0.717, 1.165) is 49.8 Å². The number of benzene rings is 1. The summed E-state index contributed by atoms with van der Waals surface area (Å²) in [5.74, 6) is 0.986. The van der Waals surface area contributed by atoms with Crippen LogP contribution in [0.5, 0.6) is 0 Å². The van der Waals surface area contributed by atoms with Crippen LogP contribution in [0, 0.1) is 0 Å². The van der Waals surface area contributed by atoms with Gasteiger partial charge in [-0.2, -0.15) is 0 Å². The van der Waals surface area contributed by atoms with Gasteiger partial charge in [0.2, 0.25) is 0 Å². The van der Waals surface area contributed by atoms with Crippen molar-refractivity contribution in [2.45, 2.75) is 32.5 Å². The molecule has 2 heterocycles. The number of hydrogen-bond donors (Lipinski definition) is 2. The number of rotatable bonds is 5. The molecule has 130 valence electrons. The van der Waals surface area contributed by atoms with Gasteiger partial charge in [-0.15, -0.1) is 0 Å². The first-order valence-corrected chi connectivity index (χ1v) is 8.91. The van der Waals surface area contributed by atoms with Crippen LogP contribution in [0.25, 0.3) is 0 Å². The molecule has 0 saturated carbocycles. The Hall–Kier alpha value is -1.85. The van der Waals surface area contributed by atoms with Crippen molar-refractivity contribution in [3.8, 4) is 0 Å². The number of aliphatic hydroxyl groups excluding tert-OH is 1. The van der Waals surface area contributed by atoms with Gasteiger partial charge in [0, 0.05) is 38.8 Å². The zero-order valence-corrected chi connectivity index (χ0v) is 14.5. The average Bonchev–Trinajstić information content (AvgIpc) is 3.29. The first-order chi connectivity index (χ1) is 11.8. The molecule has 1 aromatic rings. The Bertz CT molecular complexity index is 591. The second-order valence-corrected chi connectivity index (χ2v) is 6.41. The van der Waals surface area contributed by atoms with Crippen LogP contribution in [-0.4, -0.2) is 59.6 Å². The van der Waals surface area contributed by atoms with Crippen molar-refractivity contribution in [3.05, 3.63) is 47.5 Å². The van der Waals surface area contributed by atoms with Gasteiger partial charge in [-0.1, -0.05) is 36.4 Å². The smallest absolute Gasteiger partial charge is 0.194 e. The topological polar surface area (TPSA) is 51.1 Å². The van der Waals surface area contributed by atoms with E-state index < -0.39 is 0 Å². The number of hydrogen-bond acceptors (Lipinski definition) is 3. The van der Waals surface area contributed by atoms with E-state index >= 15 is 0 Å². The number of likely N-dealkylation sites (tertiary alicyclic amines) is 1. The zero-order chi connectivity index (χ0) is 16.8. The molecule has 2 aliphatic heterocycles. The summed E-state index contributed by atoms with van der Waals surface area (Å²) in [6.45, 7) is 7.89. The van der Waals surface area contributed by atoms with Crippen LogP contribution in [0.1, 0.15) is 24.5 Å². The van der Waals surface area contributed by atoms with E-state index in [-0.39, 0.29) is 6.61 Å². The highest BCUT2D eigenvalue weighted by molar-refractivity contribution is 5.80. The average molecular weight is 328 g/mol. The normalized spacial score (nSPS) is 21.7. The highest BCUT2D eigenvalue weighted by Crippen LogP contribution is 2.18. The first-order valence-electron chi connectivity index (χ1n) is 8.91. The quantitative estimate of drug-likeness (QED) is 0.490. The summed E-state index contributed by atoms with van der Waals surface area (Å²) in [5.41, 5.74) is 2.05. The number of nitrogens with one attached hydrogen (secondary N) is 1. The molecule has 1 fully saturated rings. The molecule has 1 atom stereocenters. The Morgan fingerprint density at radius 1 is 1.25 bits per heavy atom. The van der Waals surface area contributed by atoms with Crippen LogP contribution in [0.4, 0.5) is 0 Å². The summed E-state index contributed by atoms with van der Waals surface area (Å²) in [7, 11) is 0. The molecule has 2 aliphatic rings. The summed E-state index contributed by atoms with van der Waals surface area (Å²) in [5, 5.41) is 12.9. The molecule has 1 aromatic carbocycles. The molecule has 2 N–H and O–H groups in total. The summed E-state index contributed by atoms with van der Waals surface area (Å²) in [4.78, 5) is 9.72. The van der Waals surface area contributed by atoms with Gasteiger partial charge in [0.05, 0.1) is 13.2 Å². The van der Waals surface area contributed by atoms with Gasteiger partial charge in [-0.3, -0.25) is 4.90 Å². The molecule has 0 amide bonds. The van der Waals surface area contributed by atoms with Crippen LogP contribution < -0.4 is 5.32 Å². The second kappa shape index (κ2) is 8.31. The highest BCUT2D eigenvalue weighted by atomic mass is 16.3. The van der Waals surface area contributed by atoms with Crippen molar-refractivity contribution in [2.75, 3.05) is 32.7 Å². The molecule has 1 saturated heterocycles. The molecule has 1 unspecified atom stereocenters. The van der Waals surface area contributed by atoms with E-state index in [1.54, 1.807) is 0 Å². The molecule has 0 radical (unpaired) electrons. The van der Waals surface area contributed by atoms with E-state index in [1.807, 2.05) is 24.3 Å². The predicted octanol–water partition coefficient (Wildman–Crippen LogP) is 1.59. The molecular formula is C19H28N4O. The van der Waals surface area contributed by atoms with Gasteiger partial charge in [0.25, 0.3) is 0 Å². The molecule has 0 aliphatic carbocycles. The lowest BCUT2D eigenvalue weighted by Gasteiger charge is -2.25. The number of guanidine groups is 1. The lowest BCUT2D eigenvalue weighted by Crippen LogP contribution is -2.42. The van der Waals surface area contributed by atoms with Gasteiger partial charge in [0.15, 0.2) is 5.96 Å². The molecule has 0 bridgehead atoms. The van der Waals surface area contributed by atoms with Crippen LogP contribution in [0.3, 0.4) is 0 Å². The molecule has 0 spiro atoms. The van der Waals surface area contributed by atoms with Crippen LogP contribution in [0.2, 0.25) is 0 Å². The van der Waals surface area contributed by atoms with Crippen molar-refractivity contribution >= 4 is 5.96 Å². The minimum atomic E-state index is 0.0655. The Balaban J connectivity index is 1.65. The summed E-state index contributed by atoms with van der Waals surface area (Å²) >= 11 is 0. The minimum Gasteiger partial charge on any atom is -0.392 e. The van der Waals surface area contributed by atoms with Crippen molar-refractivity contribution in [1.82, 2.24) is 15.1 Å². The lowest BCUT2D eigenvalue weighted by molar-refractivity contribution is 0.259. The van der Waals surface area contributed by atoms with E-state index in [9.17, 15) is 5.11 Å². The van der Waals surface area contributed by atoms with E-state index in [4.69, 9.17) is 4.99 Å². The highest BCUT2D eigenvalue weighted by Gasteiger charge is 2.29. The number of nitrogens with zero attached hydrogens (tertiary/aromatic N) is 3. The van der Waals surface area contributed by atoms with Crippen molar-refractivity contribution < 1.29 is 5.11 Å². The fraction of sp³-hybridized carbons (Fsp3) is 0.526. The summed E-state index contributed by atoms with van der Waals surface area (Å²) < 4.78 is 0. The Labute approximate surface area is 144 Å². The van der Waals surface area contributed by atoms with E-state index in [2.05, 4.69) is 34.2 Å². The summed E-state index contributed by atoms with van der Waals surface area (Å²) in [6.07, 6.45) is 5.71. The molecule has 0 aromatic heterocycles. The standard InChI is InChI=1S/C19H28N4O/c1-2-20-19(21-13-16-7-3-4-8-17(16)15-24)23-12-9-18(14-23)22-10-5-6-11-22/h3-8,18,24H,2,9-15H2,1H3,(H,20,21). The van der Waals surface area contributed by atoms with Gasteiger partial charge < -0.3 is 15.3 Å². The Morgan fingerprint density at radius 3 is 2.71 bits per heavy atom. The molecule has 3 rings (SSSR count). The predicted molar refractivity (Wildman–Crippen MR) is 97.9 cm³/mol. The number of aliphatic imine (C=N–C) groups is 1. The lowest BCUT2D eigenvalue weighted by atomic mass is 10.1. The summed E-state index contributed by atoms with van der Waals surface area (Å²) in [6, 6.07) is 8.58. The molecule has 5 heteroatoms. The second-order valence-electron chi connectivity index (χ2n) is 6.41. The fourth-order valence-corrected chi connectivity index (χ4v) is 3.48. The van der Waals surface area contributed by atoms with Gasteiger partial charge in [-0.05, 0) is 24.5 Å². The Kier molecular flexibility index (Phi) is 5.88. The minimum absolute atomic E-state index is 0.0655. The van der Waals surface area contributed by atoms with Crippen LogP contribution >= 0.6 is 0 Å². The largest absolute Gasteiger partial charge is 0.392 e. The van der Waals surface area contributed by atoms with Crippen LogP contribution in [-0.2, 0) is 13.2 Å². The molecular weight excluding hydrogens is 300 g/mol. The number of aliphatic hydroxyl groups is 1. The van der Waals surface area contributed by atoms with Gasteiger partial charge in [0.1, 0.15) is 0 Å².